The second kappa shape index (κ2) is 3.65. The summed E-state index contributed by atoms with van der Waals surface area (Å²) >= 11 is 0. The van der Waals surface area contributed by atoms with Crippen molar-refractivity contribution in [2.75, 3.05) is 0 Å². The minimum Gasteiger partial charge on any atom is -0.310 e. The average molecular weight is 204 g/mol. The number of H-pyrrole nitrogens is 1. The number of aromatic nitrogens is 2. The maximum absolute atomic E-state index is 12.9. The van der Waals surface area contributed by atoms with Crippen molar-refractivity contribution in [1.82, 2.24) is 9.97 Å². The van der Waals surface area contributed by atoms with Crippen LogP contribution >= 0.6 is 0 Å². The third kappa shape index (κ3) is 1.93. The number of rotatable bonds is 1. The third-order valence-corrected chi connectivity index (χ3v) is 2.06. The molecule has 4 heteroatoms. The van der Waals surface area contributed by atoms with Crippen LogP contribution in [0, 0.1) is 12.7 Å². The number of nitrogens with zero attached hydrogens (tertiary/aromatic N) is 1. The molecule has 1 N–H and O–H groups in total. The zero-order chi connectivity index (χ0) is 10.8. The largest absolute Gasteiger partial charge is 0.310 e. The first-order valence-corrected chi connectivity index (χ1v) is 4.48. The molecule has 1 aromatic carbocycles. The molecule has 1 heterocycles. The van der Waals surface area contributed by atoms with E-state index < -0.39 is 0 Å². The van der Waals surface area contributed by atoms with Gasteiger partial charge in [0, 0.05) is 6.20 Å². The fourth-order valence-corrected chi connectivity index (χ4v) is 1.35. The van der Waals surface area contributed by atoms with Gasteiger partial charge in [-0.1, -0.05) is 12.1 Å². The number of nitrogens with one attached hydrogen (secondary N) is 1. The van der Waals surface area contributed by atoms with Crippen LogP contribution in [0.25, 0.3) is 11.1 Å². The molecule has 0 aliphatic heterocycles. The molecule has 15 heavy (non-hydrogen) atoms. The van der Waals surface area contributed by atoms with E-state index >= 15 is 0 Å². The van der Waals surface area contributed by atoms with Crippen molar-refractivity contribution in [3.63, 3.8) is 0 Å². The van der Waals surface area contributed by atoms with E-state index in [1.165, 1.54) is 18.3 Å². The van der Waals surface area contributed by atoms with Crippen LogP contribution in [0.15, 0.2) is 35.3 Å². The van der Waals surface area contributed by atoms with Crippen LogP contribution in [0.3, 0.4) is 0 Å². The van der Waals surface area contributed by atoms with Gasteiger partial charge in [0.1, 0.15) is 11.6 Å². The lowest BCUT2D eigenvalue weighted by Crippen LogP contribution is -2.11. The molecular formula is C11H9FN2O. The molecule has 2 rings (SSSR count). The van der Waals surface area contributed by atoms with E-state index in [9.17, 15) is 9.18 Å². The minimum atomic E-state index is -0.368. The van der Waals surface area contributed by atoms with E-state index in [1.54, 1.807) is 19.1 Å². The summed E-state index contributed by atoms with van der Waals surface area (Å²) in [4.78, 5) is 18.1. The van der Waals surface area contributed by atoms with Gasteiger partial charge >= 0.3 is 0 Å². The maximum Gasteiger partial charge on any atom is 0.258 e. The van der Waals surface area contributed by atoms with E-state index in [-0.39, 0.29) is 11.4 Å². The smallest absolute Gasteiger partial charge is 0.258 e. The zero-order valence-electron chi connectivity index (χ0n) is 8.12. The molecule has 76 valence electrons. The molecule has 0 amide bonds. The Bertz CT molecular complexity index is 548. The summed E-state index contributed by atoms with van der Waals surface area (Å²) < 4.78 is 12.9. The van der Waals surface area contributed by atoms with Gasteiger partial charge < -0.3 is 4.98 Å². The summed E-state index contributed by atoms with van der Waals surface area (Å²) in [5.74, 6) is 0.174. The molecule has 0 unspecified atom stereocenters. The highest BCUT2D eigenvalue weighted by Gasteiger charge is 2.04. The molecular weight excluding hydrogens is 195 g/mol. The summed E-state index contributed by atoms with van der Waals surface area (Å²) in [6, 6.07) is 5.87. The summed E-state index contributed by atoms with van der Waals surface area (Å²) in [6.45, 7) is 1.69. The van der Waals surface area contributed by atoms with E-state index in [0.717, 1.165) is 0 Å². The molecule has 0 fully saturated rings. The molecule has 0 saturated heterocycles. The highest BCUT2D eigenvalue weighted by atomic mass is 19.1. The van der Waals surface area contributed by atoms with Crippen LogP contribution < -0.4 is 5.56 Å². The molecule has 0 aliphatic rings. The average Bonchev–Trinajstić information content (AvgIpc) is 2.17. The van der Waals surface area contributed by atoms with E-state index in [1.807, 2.05) is 0 Å². The van der Waals surface area contributed by atoms with Crippen LogP contribution in [0.2, 0.25) is 0 Å². The monoisotopic (exact) mass is 204 g/mol. The predicted molar refractivity (Wildman–Crippen MR) is 55.0 cm³/mol. The van der Waals surface area contributed by atoms with E-state index in [0.29, 0.717) is 17.0 Å². The van der Waals surface area contributed by atoms with Crippen molar-refractivity contribution in [3.05, 3.63) is 52.5 Å². The Hall–Kier alpha value is -1.97. The lowest BCUT2D eigenvalue weighted by atomic mass is 10.1. The first-order chi connectivity index (χ1) is 7.16. The topological polar surface area (TPSA) is 45.8 Å². The number of halogens is 1. The zero-order valence-corrected chi connectivity index (χ0v) is 8.12. The molecule has 0 spiro atoms. The highest BCUT2D eigenvalue weighted by molar-refractivity contribution is 5.61. The van der Waals surface area contributed by atoms with Crippen LogP contribution in [0.1, 0.15) is 5.82 Å². The van der Waals surface area contributed by atoms with Gasteiger partial charge in [0.25, 0.3) is 5.56 Å². The van der Waals surface area contributed by atoms with Crippen LogP contribution in [0.5, 0.6) is 0 Å². The molecule has 0 saturated carbocycles. The van der Waals surface area contributed by atoms with Crippen LogP contribution in [-0.4, -0.2) is 9.97 Å². The first-order valence-electron chi connectivity index (χ1n) is 4.48. The molecule has 2 aromatic rings. The molecule has 0 aliphatic carbocycles. The number of hydrogen-bond donors (Lipinski definition) is 1. The van der Waals surface area contributed by atoms with Gasteiger partial charge in [-0.05, 0) is 24.6 Å². The second-order valence-corrected chi connectivity index (χ2v) is 3.22. The molecule has 0 radical (unpaired) electrons. The van der Waals surface area contributed by atoms with Crippen LogP contribution in [-0.2, 0) is 0 Å². The lowest BCUT2D eigenvalue weighted by Gasteiger charge is -2.00. The van der Waals surface area contributed by atoms with Crippen molar-refractivity contribution in [2.45, 2.75) is 6.92 Å². The van der Waals surface area contributed by atoms with E-state index in [2.05, 4.69) is 9.97 Å². The Morgan fingerprint density at radius 2 is 2.20 bits per heavy atom. The van der Waals surface area contributed by atoms with Crippen LogP contribution in [0.4, 0.5) is 4.39 Å². The summed E-state index contributed by atoms with van der Waals surface area (Å²) in [5, 5.41) is 0. The third-order valence-electron chi connectivity index (χ3n) is 2.06. The second-order valence-electron chi connectivity index (χ2n) is 3.22. The highest BCUT2D eigenvalue weighted by Crippen LogP contribution is 2.14. The van der Waals surface area contributed by atoms with Gasteiger partial charge in [0.05, 0.1) is 5.56 Å². The SMILES string of the molecule is Cc1ncc(-c2cccc(F)c2)c(=O)[nH]1. The van der Waals surface area contributed by atoms with Crippen molar-refractivity contribution >= 4 is 0 Å². The van der Waals surface area contributed by atoms with Gasteiger partial charge in [-0.2, -0.15) is 0 Å². The lowest BCUT2D eigenvalue weighted by molar-refractivity contribution is 0.628. The fourth-order valence-electron chi connectivity index (χ4n) is 1.35. The van der Waals surface area contributed by atoms with E-state index in [4.69, 9.17) is 0 Å². The molecule has 3 nitrogen and oxygen atoms in total. The van der Waals surface area contributed by atoms with Gasteiger partial charge in [0.2, 0.25) is 0 Å². The standard InChI is InChI=1S/C11H9FN2O/c1-7-13-6-10(11(15)14-7)8-3-2-4-9(12)5-8/h2-6H,1H3,(H,13,14,15). The Kier molecular flexibility index (Phi) is 2.33. The Balaban J connectivity index is 2.59. The predicted octanol–water partition coefficient (Wildman–Crippen LogP) is 1.88. The van der Waals surface area contributed by atoms with Gasteiger partial charge in [-0.25, -0.2) is 9.37 Å². The minimum absolute atomic E-state index is 0.256. The summed E-state index contributed by atoms with van der Waals surface area (Å²) in [5.41, 5.74) is 0.650. The van der Waals surface area contributed by atoms with Crippen molar-refractivity contribution in [2.24, 2.45) is 0 Å². The molecule has 1 aromatic heterocycles. The van der Waals surface area contributed by atoms with Gasteiger partial charge in [0.15, 0.2) is 0 Å². The quantitative estimate of drug-likeness (QED) is 0.770. The molecule has 0 bridgehead atoms. The number of benzene rings is 1. The Morgan fingerprint density at radius 3 is 2.87 bits per heavy atom. The van der Waals surface area contributed by atoms with Gasteiger partial charge in [-0.15, -0.1) is 0 Å². The van der Waals surface area contributed by atoms with Gasteiger partial charge in [-0.3, -0.25) is 4.79 Å². The maximum atomic E-state index is 12.9. The Labute approximate surface area is 85.6 Å². The fraction of sp³-hybridized carbons (Fsp3) is 0.0909. The number of aryl methyl sites for hydroxylation is 1. The van der Waals surface area contributed by atoms with Crippen molar-refractivity contribution in [3.8, 4) is 11.1 Å². The van der Waals surface area contributed by atoms with Crippen molar-refractivity contribution < 1.29 is 4.39 Å². The normalized spacial score (nSPS) is 10.3. The van der Waals surface area contributed by atoms with Crippen molar-refractivity contribution in [1.29, 1.82) is 0 Å². The summed E-state index contributed by atoms with van der Waals surface area (Å²) in [7, 11) is 0. The Morgan fingerprint density at radius 1 is 1.40 bits per heavy atom. The number of hydrogen-bond acceptors (Lipinski definition) is 2. The first kappa shape index (κ1) is 9.58. The summed E-state index contributed by atoms with van der Waals surface area (Å²) in [6.07, 6.45) is 1.45. The molecule has 0 atom stereocenters. The number of aromatic amines is 1.